The van der Waals surface area contributed by atoms with Crippen LogP contribution in [0.25, 0.3) is 0 Å². The van der Waals surface area contributed by atoms with Crippen molar-refractivity contribution < 1.29 is 14.3 Å². The molecule has 1 aromatic rings. The Bertz CT molecular complexity index is 485. The second-order valence-electron chi connectivity index (χ2n) is 6.08. The van der Waals surface area contributed by atoms with Crippen molar-refractivity contribution in [1.29, 1.82) is 0 Å². The van der Waals surface area contributed by atoms with Gasteiger partial charge in [0.05, 0.1) is 12.1 Å². The number of nitrogens with zero attached hydrogens (tertiary/aromatic N) is 2. The summed E-state index contributed by atoms with van der Waals surface area (Å²) in [5, 5.41) is 8.91. The van der Waals surface area contributed by atoms with Gasteiger partial charge in [0.25, 0.3) is 0 Å². The van der Waals surface area contributed by atoms with E-state index in [0.29, 0.717) is 0 Å². The average Bonchev–Trinajstić information content (AvgIpc) is 2.88. The largest absolute Gasteiger partial charge is 0.478 e. The van der Waals surface area contributed by atoms with Gasteiger partial charge in [0.15, 0.2) is 0 Å². The Balaban J connectivity index is 1.60. The van der Waals surface area contributed by atoms with E-state index in [1.54, 1.807) is 6.07 Å². The van der Waals surface area contributed by atoms with Crippen molar-refractivity contribution in [2.45, 2.75) is 31.8 Å². The quantitative estimate of drug-likeness (QED) is 0.915. The van der Waals surface area contributed by atoms with E-state index in [9.17, 15) is 4.79 Å². The van der Waals surface area contributed by atoms with Crippen LogP contribution in [-0.2, 0) is 6.54 Å². The molecule has 2 saturated heterocycles. The predicted octanol–water partition coefficient (Wildman–Crippen LogP) is 1.89. The van der Waals surface area contributed by atoms with Gasteiger partial charge in [-0.15, -0.1) is 0 Å². The summed E-state index contributed by atoms with van der Waals surface area (Å²) in [7, 11) is 2.23. The van der Waals surface area contributed by atoms with Crippen LogP contribution < -0.4 is 0 Å². The minimum Gasteiger partial charge on any atom is -0.478 e. The number of fused-ring (bicyclic) bond motifs is 1. The molecule has 1 N–H and O–H groups in total. The summed E-state index contributed by atoms with van der Waals surface area (Å²) < 4.78 is 5.35. The van der Waals surface area contributed by atoms with Gasteiger partial charge in [-0.1, -0.05) is 0 Å². The lowest BCUT2D eigenvalue weighted by Crippen LogP contribution is -2.52. The van der Waals surface area contributed by atoms with E-state index in [2.05, 4.69) is 16.8 Å². The molecule has 2 aliphatic heterocycles. The molecule has 2 unspecified atom stereocenters. The molecule has 0 radical (unpaired) electrons. The second-order valence-corrected chi connectivity index (χ2v) is 6.08. The minimum absolute atomic E-state index is 0.243. The molecule has 0 aliphatic carbocycles. The maximum absolute atomic E-state index is 10.9. The van der Waals surface area contributed by atoms with Gasteiger partial charge in [-0.3, -0.25) is 4.90 Å². The third-order valence-electron chi connectivity index (χ3n) is 4.71. The SMILES string of the molecule is CN1CCCC2CN(Cc3cc(C(=O)O)co3)CCC21. The summed E-state index contributed by atoms with van der Waals surface area (Å²) in [5.74, 6) is 0.578. The number of carbonyl (C=O) groups is 1. The van der Waals surface area contributed by atoms with Gasteiger partial charge in [-0.2, -0.15) is 0 Å². The van der Waals surface area contributed by atoms with E-state index >= 15 is 0 Å². The van der Waals surface area contributed by atoms with Crippen molar-refractivity contribution in [1.82, 2.24) is 9.80 Å². The van der Waals surface area contributed by atoms with Gasteiger partial charge in [0, 0.05) is 19.1 Å². The van der Waals surface area contributed by atoms with Crippen molar-refractivity contribution in [3.63, 3.8) is 0 Å². The smallest absolute Gasteiger partial charge is 0.338 e. The van der Waals surface area contributed by atoms with Crippen molar-refractivity contribution in [3.8, 4) is 0 Å². The Morgan fingerprint density at radius 3 is 3.05 bits per heavy atom. The molecule has 0 spiro atoms. The van der Waals surface area contributed by atoms with Crippen LogP contribution in [0, 0.1) is 5.92 Å². The zero-order chi connectivity index (χ0) is 14.1. The molecule has 110 valence electrons. The number of furan rings is 1. The molecule has 2 aliphatic rings. The molecule has 0 saturated carbocycles. The monoisotopic (exact) mass is 278 g/mol. The molecule has 0 bridgehead atoms. The van der Waals surface area contributed by atoms with Crippen LogP contribution in [0.2, 0.25) is 0 Å². The minimum atomic E-state index is -0.924. The number of carboxylic acid groups (broad SMARTS) is 1. The van der Waals surface area contributed by atoms with E-state index < -0.39 is 5.97 Å². The molecule has 2 atom stereocenters. The molecule has 20 heavy (non-hydrogen) atoms. The van der Waals surface area contributed by atoms with Crippen LogP contribution in [0.3, 0.4) is 0 Å². The van der Waals surface area contributed by atoms with Crippen LogP contribution in [-0.4, -0.2) is 53.6 Å². The summed E-state index contributed by atoms with van der Waals surface area (Å²) >= 11 is 0. The van der Waals surface area contributed by atoms with Crippen molar-refractivity contribution in [3.05, 3.63) is 23.7 Å². The maximum Gasteiger partial charge on any atom is 0.338 e. The first kappa shape index (κ1) is 13.6. The fraction of sp³-hybridized carbons (Fsp3) is 0.667. The fourth-order valence-corrected chi connectivity index (χ4v) is 3.67. The topological polar surface area (TPSA) is 56.9 Å². The van der Waals surface area contributed by atoms with E-state index in [-0.39, 0.29) is 5.56 Å². The molecule has 3 rings (SSSR count). The Kier molecular flexibility index (Phi) is 3.81. The summed E-state index contributed by atoms with van der Waals surface area (Å²) in [6.45, 7) is 4.11. The fourth-order valence-electron chi connectivity index (χ4n) is 3.67. The highest BCUT2D eigenvalue weighted by atomic mass is 16.4. The third kappa shape index (κ3) is 2.74. The Hall–Kier alpha value is -1.33. The van der Waals surface area contributed by atoms with Crippen LogP contribution in [0.1, 0.15) is 35.4 Å². The lowest BCUT2D eigenvalue weighted by molar-refractivity contribution is 0.0330. The molecule has 0 aromatic carbocycles. The standard InChI is InChI=1S/C15H22N2O3/c1-16-5-2-3-11-8-17(6-4-14(11)16)9-13-7-12(10-20-13)15(18)19/h7,10-11,14H,2-6,8-9H2,1H3,(H,18,19). The highest BCUT2D eigenvalue weighted by Crippen LogP contribution is 2.30. The molecular weight excluding hydrogens is 256 g/mol. The number of piperidine rings is 2. The number of hydrogen-bond acceptors (Lipinski definition) is 4. The number of carboxylic acids is 1. The molecule has 1 aromatic heterocycles. The van der Waals surface area contributed by atoms with Gasteiger partial charge in [-0.05, 0) is 44.8 Å². The van der Waals surface area contributed by atoms with Crippen LogP contribution in [0.4, 0.5) is 0 Å². The number of rotatable bonds is 3. The number of likely N-dealkylation sites (tertiary alicyclic amines) is 2. The first-order chi connectivity index (χ1) is 9.63. The Morgan fingerprint density at radius 2 is 2.30 bits per heavy atom. The van der Waals surface area contributed by atoms with Gasteiger partial charge in [0.1, 0.15) is 12.0 Å². The van der Waals surface area contributed by atoms with Crippen LogP contribution in [0.15, 0.2) is 16.7 Å². The zero-order valence-electron chi connectivity index (χ0n) is 11.9. The lowest BCUT2D eigenvalue weighted by Gasteiger charge is -2.45. The summed E-state index contributed by atoms with van der Waals surface area (Å²) in [6, 6.07) is 2.37. The Labute approximate surface area is 119 Å². The highest BCUT2D eigenvalue weighted by molar-refractivity contribution is 5.87. The van der Waals surface area contributed by atoms with E-state index in [4.69, 9.17) is 9.52 Å². The van der Waals surface area contributed by atoms with Gasteiger partial charge in [-0.25, -0.2) is 4.79 Å². The molecular formula is C15H22N2O3. The lowest BCUT2D eigenvalue weighted by atomic mass is 9.84. The molecule has 3 heterocycles. The molecule has 0 amide bonds. The van der Waals surface area contributed by atoms with Crippen LogP contribution >= 0.6 is 0 Å². The summed E-state index contributed by atoms with van der Waals surface area (Å²) in [6.07, 6.45) is 5.13. The van der Waals surface area contributed by atoms with Crippen molar-refractivity contribution in [2.24, 2.45) is 5.92 Å². The zero-order valence-corrected chi connectivity index (χ0v) is 11.9. The summed E-state index contributed by atoms with van der Waals surface area (Å²) in [4.78, 5) is 15.7. The number of aromatic carboxylic acids is 1. The predicted molar refractivity (Wildman–Crippen MR) is 74.7 cm³/mol. The van der Waals surface area contributed by atoms with Gasteiger partial charge in [0.2, 0.25) is 0 Å². The first-order valence-electron chi connectivity index (χ1n) is 7.37. The van der Waals surface area contributed by atoms with E-state index in [1.165, 1.54) is 32.1 Å². The maximum atomic E-state index is 10.9. The van der Waals surface area contributed by atoms with Crippen LogP contribution in [0.5, 0.6) is 0 Å². The second kappa shape index (κ2) is 5.58. The summed E-state index contributed by atoms with van der Waals surface area (Å²) in [5.41, 5.74) is 0.243. The molecule has 2 fully saturated rings. The van der Waals surface area contributed by atoms with E-state index in [1.807, 2.05) is 0 Å². The van der Waals surface area contributed by atoms with Gasteiger partial charge < -0.3 is 14.4 Å². The van der Waals surface area contributed by atoms with Crippen molar-refractivity contribution in [2.75, 3.05) is 26.7 Å². The average molecular weight is 278 g/mol. The first-order valence-corrected chi connectivity index (χ1v) is 7.37. The van der Waals surface area contributed by atoms with Crippen molar-refractivity contribution >= 4 is 5.97 Å². The molecule has 5 heteroatoms. The highest BCUT2D eigenvalue weighted by Gasteiger charge is 2.34. The third-order valence-corrected chi connectivity index (χ3v) is 4.71. The molecule has 5 nitrogen and oxygen atoms in total. The van der Waals surface area contributed by atoms with E-state index in [0.717, 1.165) is 37.4 Å². The normalized spacial score (nSPS) is 28.2. The Morgan fingerprint density at radius 1 is 1.45 bits per heavy atom. The van der Waals surface area contributed by atoms with Gasteiger partial charge >= 0.3 is 5.97 Å². The number of hydrogen-bond donors (Lipinski definition) is 1.